The van der Waals surface area contributed by atoms with E-state index >= 15 is 0 Å². The molecule has 1 saturated carbocycles. The van der Waals surface area contributed by atoms with Crippen molar-refractivity contribution in [3.63, 3.8) is 0 Å². The fraction of sp³-hybridized carbons (Fsp3) is 0.643. The highest BCUT2D eigenvalue weighted by molar-refractivity contribution is 7.07. The average Bonchev–Trinajstić information content (AvgIpc) is 3.06. The third-order valence-electron chi connectivity index (χ3n) is 4.10. The monoisotopic (exact) mass is 267 g/mol. The maximum atomic E-state index is 12.3. The third-order valence-corrected chi connectivity index (χ3v) is 4.80. The molecule has 1 aromatic heterocycles. The minimum atomic E-state index is -0.587. The van der Waals surface area contributed by atoms with Gasteiger partial charge in [-0.15, -0.1) is 0 Å². The molecule has 2 N–H and O–H groups in total. The van der Waals surface area contributed by atoms with E-state index in [2.05, 4.69) is 12.2 Å². The van der Waals surface area contributed by atoms with Crippen molar-refractivity contribution in [2.75, 3.05) is 6.54 Å². The van der Waals surface area contributed by atoms with Crippen LogP contribution in [-0.2, 0) is 4.79 Å². The Morgan fingerprint density at radius 1 is 1.56 bits per heavy atom. The number of carbonyl (C=O) groups is 1. The van der Waals surface area contributed by atoms with E-state index in [0.717, 1.165) is 37.7 Å². The summed E-state index contributed by atoms with van der Waals surface area (Å²) in [7, 11) is 0. The van der Waals surface area contributed by atoms with Crippen molar-refractivity contribution in [2.45, 2.75) is 45.1 Å². The van der Waals surface area contributed by atoms with Gasteiger partial charge in [0.25, 0.3) is 0 Å². The molecule has 0 aliphatic heterocycles. The molecular formula is C14H21NO2S. The minimum Gasteiger partial charge on any atom is -0.387 e. The van der Waals surface area contributed by atoms with E-state index < -0.39 is 6.10 Å². The topological polar surface area (TPSA) is 49.3 Å². The molecule has 1 aliphatic carbocycles. The van der Waals surface area contributed by atoms with Gasteiger partial charge in [-0.25, -0.2) is 0 Å². The summed E-state index contributed by atoms with van der Waals surface area (Å²) in [6, 6.07) is 1.90. The number of amides is 1. The number of aliphatic hydroxyl groups excluding tert-OH is 1. The molecular weight excluding hydrogens is 246 g/mol. The zero-order valence-corrected chi connectivity index (χ0v) is 11.6. The third kappa shape index (κ3) is 2.75. The van der Waals surface area contributed by atoms with Gasteiger partial charge in [0.1, 0.15) is 0 Å². The molecule has 1 fully saturated rings. The lowest BCUT2D eigenvalue weighted by atomic mass is 9.82. The van der Waals surface area contributed by atoms with Crippen LogP contribution in [0.1, 0.15) is 50.7 Å². The van der Waals surface area contributed by atoms with Crippen LogP contribution in [0, 0.1) is 5.41 Å². The molecule has 4 heteroatoms. The summed E-state index contributed by atoms with van der Waals surface area (Å²) >= 11 is 1.56. The molecule has 0 spiro atoms. The van der Waals surface area contributed by atoms with E-state index in [1.165, 1.54) is 0 Å². The minimum absolute atomic E-state index is 0.122. The molecule has 0 saturated heterocycles. The highest BCUT2D eigenvalue weighted by Gasteiger charge is 2.39. The molecule has 3 nitrogen and oxygen atoms in total. The van der Waals surface area contributed by atoms with E-state index in [0.29, 0.717) is 6.54 Å². The van der Waals surface area contributed by atoms with E-state index in [4.69, 9.17) is 0 Å². The summed E-state index contributed by atoms with van der Waals surface area (Å²) in [4.78, 5) is 12.3. The normalized spacial score (nSPS) is 19.7. The molecule has 1 aromatic rings. The Morgan fingerprint density at radius 2 is 2.28 bits per heavy atom. The Bertz CT molecular complexity index is 383. The van der Waals surface area contributed by atoms with Crippen LogP contribution >= 0.6 is 11.3 Å². The van der Waals surface area contributed by atoms with Gasteiger partial charge in [0.2, 0.25) is 5.91 Å². The van der Waals surface area contributed by atoms with Gasteiger partial charge >= 0.3 is 0 Å². The number of nitrogens with one attached hydrogen (secondary N) is 1. The van der Waals surface area contributed by atoms with E-state index in [1.807, 2.05) is 16.8 Å². The fourth-order valence-electron chi connectivity index (χ4n) is 2.75. The van der Waals surface area contributed by atoms with Crippen LogP contribution in [0.5, 0.6) is 0 Å². The molecule has 1 amide bonds. The number of thiophene rings is 1. The number of rotatable bonds is 5. The zero-order chi connectivity index (χ0) is 13.0. The highest BCUT2D eigenvalue weighted by Crippen LogP contribution is 2.41. The average molecular weight is 267 g/mol. The van der Waals surface area contributed by atoms with Crippen LogP contribution in [-0.4, -0.2) is 17.6 Å². The van der Waals surface area contributed by atoms with Crippen molar-refractivity contribution >= 4 is 17.2 Å². The first-order valence-electron chi connectivity index (χ1n) is 6.66. The van der Waals surface area contributed by atoms with Crippen LogP contribution in [0.15, 0.2) is 16.8 Å². The van der Waals surface area contributed by atoms with Gasteiger partial charge in [0.05, 0.1) is 6.10 Å². The van der Waals surface area contributed by atoms with Crippen molar-refractivity contribution in [1.29, 1.82) is 0 Å². The predicted octanol–water partition coefficient (Wildman–Crippen LogP) is 2.87. The Labute approximate surface area is 112 Å². The molecule has 1 atom stereocenters. The van der Waals surface area contributed by atoms with Gasteiger partial charge in [-0.3, -0.25) is 4.79 Å². The second-order valence-corrected chi connectivity index (χ2v) is 5.90. The highest BCUT2D eigenvalue weighted by atomic mass is 32.1. The summed E-state index contributed by atoms with van der Waals surface area (Å²) in [5.74, 6) is 0.122. The van der Waals surface area contributed by atoms with Crippen molar-refractivity contribution < 1.29 is 9.90 Å². The zero-order valence-electron chi connectivity index (χ0n) is 10.8. The number of hydrogen-bond donors (Lipinski definition) is 2. The van der Waals surface area contributed by atoms with Crippen molar-refractivity contribution in [3.05, 3.63) is 22.4 Å². The van der Waals surface area contributed by atoms with Crippen LogP contribution in [0.3, 0.4) is 0 Å². The molecule has 0 bridgehead atoms. The lowest BCUT2D eigenvalue weighted by Gasteiger charge is -2.26. The van der Waals surface area contributed by atoms with Gasteiger partial charge in [0, 0.05) is 12.0 Å². The van der Waals surface area contributed by atoms with Crippen molar-refractivity contribution in [3.8, 4) is 0 Å². The molecule has 18 heavy (non-hydrogen) atoms. The number of carbonyl (C=O) groups excluding carboxylic acids is 1. The Balaban J connectivity index is 1.88. The Morgan fingerprint density at radius 3 is 2.83 bits per heavy atom. The summed E-state index contributed by atoms with van der Waals surface area (Å²) in [6.45, 7) is 2.40. The second kappa shape index (κ2) is 5.85. The lowest BCUT2D eigenvalue weighted by molar-refractivity contribution is -0.131. The van der Waals surface area contributed by atoms with Crippen LogP contribution < -0.4 is 5.32 Å². The molecule has 2 rings (SSSR count). The first kappa shape index (κ1) is 13.6. The Kier molecular flexibility index (Phi) is 4.40. The largest absolute Gasteiger partial charge is 0.387 e. The summed E-state index contributed by atoms with van der Waals surface area (Å²) < 4.78 is 0. The van der Waals surface area contributed by atoms with Gasteiger partial charge < -0.3 is 10.4 Å². The number of aliphatic hydroxyl groups is 1. The second-order valence-electron chi connectivity index (χ2n) is 5.12. The summed E-state index contributed by atoms with van der Waals surface area (Å²) in [6.07, 6.45) is 4.58. The predicted molar refractivity (Wildman–Crippen MR) is 73.5 cm³/mol. The summed E-state index contributed by atoms with van der Waals surface area (Å²) in [5.41, 5.74) is 0.714. The van der Waals surface area contributed by atoms with E-state index in [1.54, 1.807) is 11.3 Å². The molecule has 100 valence electrons. The van der Waals surface area contributed by atoms with Gasteiger partial charge in [0.15, 0.2) is 0 Å². The van der Waals surface area contributed by atoms with Crippen molar-refractivity contribution in [1.82, 2.24) is 5.32 Å². The standard InChI is InChI=1S/C14H21NO2S/c1-2-14(6-3-4-7-14)13(17)15-9-12(16)11-5-8-18-10-11/h5,8,10,12,16H,2-4,6-7,9H2,1H3,(H,15,17). The van der Waals surface area contributed by atoms with Gasteiger partial charge in [-0.05, 0) is 41.7 Å². The quantitative estimate of drug-likeness (QED) is 0.862. The van der Waals surface area contributed by atoms with Gasteiger partial charge in [-0.1, -0.05) is 19.8 Å². The molecule has 1 unspecified atom stereocenters. The first-order valence-corrected chi connectivity index (χ1v) is 7.61. The molecule has 0 aromatic carbocycles. The van der Waals surface area contributed by atoms with E-state index in [9.17, 15) is 9.90 Å². The Hall–Kier alpha value is -0.870. The van der Waals surface area contributed by atoms with Crippen LogP contribution in [0.4, 0.5) is 0 Å². The van der Waals surface area contributed by atoms with Crippen LogP contribution in [0.2, 0.25) is 0 Å². The smallest absolute Gasteiger partial charge is 0.226 e. The van der Waals surface area contributed by atoms with Crippen molar-refractivity contribution in [2.24, 2.45) is 5.41 Å². The summed E-state index contributed by atoms with van der Waals surface area (Å²) in [5, 5.41) is 16.7. The maximum absolute atomic E-state index is 12.3. The lowest BCUT2D eigenvalue weighted by Crippen LogP contribution is -2.40. The molecule has 1 aliphatic rings. The molecule has 0 radical (unpaired) electrons. The number of hydrogen-bond acceptors (Lipinski definition) is 3. The molecule has 1 heterocycles. The van der Waals surface area contributed by atoms with E-state index in [-0.39, 0.29) is 11.3 Å². The van der Waals surface area contributed by atoms with Crippen LogP contribution in [0.25, 0.3) is 0 Å². The maximum Gasteiger partial charge on any atom is 0.226 e. The van der Waals surface area contributed by atoms with Gasteiger partial charge in [-0.2, -0.15) is 11.3 Å². The fourth-order valence-corrected chi connectivity index (χ4v) is 3.46. The first-order chi connectivity index (χ1) is 8.68. The SMILES string of the molecule is CCC1(C(=O)NCC(O)c2ccsc2)CCCC1.